The molecule has 0 radical (unpaired) electrons. The van der Waals surface area contributed by atoms with Gasteiger partial charge in [-0.2, -0.15) is 0 Å². The van der Waals surface area contributed by atoms with E-state index in [1.165, 1.54) is 18.2 Å². The highest BCUT2D eigenvalue weighted by Crippen LogP contribution is 2.23. The average molecular weight is 242 g/mol. The predicted molar refractivity (Wildman–Crippen MR) is 58.0 cm³/mol. The number of carbonyl (C=O) groups is 1. The molecule has 1 aromatic rings. The fourth-order valence-electron chi connectivity index (χ4n) is 1.53. The highest BCUT2D eigenvalue weighted by Gasteiger charge is 2.28. The van der Waals surface area contributed by atoms with Crippen LogP contribution in [0.25, 0.3) is 0 Å². The molecule has 1 aliphatic rings. The first-order valence-corrected chi connectivity index (χ1v) is 4.98. The molecule has 1 unspecified atom stereocenters. The Bertz CT molecular complexity index is 450. The molecule has 1 saturated heterocycles. The van der Waals surface area contributed by atoms with Gasteiger partial charge in [-0.15, -0.1) is 0 Å². The third-order valence-electron chi connectivity index (χ3n) is 2.27. The molecule has 1 aliphatic heterocycles. The van der Waals surface area contributed by atoms with Crippen molar-refractivity contribution in [2.24, 2.45) is 0 Å². The Morgan fingerprint density at radius 3 is 2.69 bits per heavy atom. The lowest BCUT2D eigenvalue weighted by Gasteiger charge is -2.09. The van der Waals surface area contributed by atoms with Gasteiger partial charge in [0.05, 0.1) is 0 Å². The van der Waals surface area contributed by atoms with Gasteiger partial charge in [0.1, 0.15) is 6.04 Å². The summed E-state index contributed by atoms with van der Waals surface area (Å²) < 4.78 is 24.9. The topological polar surface area (TPSA) is 41.1 Å². The molecular weight excluding hydrogens is 234 g/mol. The molecule has 1 fully saturated rings. The van der Waals surface area contributed by atoms with Gasteiger partial charge >= 0.3 is 0 Å². The normalized spacial score (nSPS) is 19.8. The van der Waals surface area contributed by atoms with Gasteiger partial charge in [-0.25, -0.2) is 8.78 Å². The second-order valence-corrected chi connectivity index (χ2v) is 3.77. The van der Waals surface area contributed by atoms with Crippen molar-refractivity contribution >= 4 is 23.2 Å². The van der Waals surface area contributed by atoms with Gasteiger partial charge in [0.25, 0.3) is 12.3 Å². The first-order valence-electron chi connectivity index (χ1n) is 4.57. The Kier molecular flexibility index (Phi) is 2.82. The molecule has 1 atom stereocenters. The summed E-state index contributed by atoms with van der Waals surface area (Å²) in [5.41, 5.74) is 0.375. The van der Waals surface area contributed by atoms with Crippen LogP contribution in [0, 0.1) is 0 Å². The van der Waals surface area contributed by atoms with E-state index in [1.807, 2.05) is 0 Å². The van der Waals surface area contributed by atoms with E-state index in [0.717, 1.165) is 0 Å². The molecule has 1 heterocycles. The summed E-state index contributed by atoms with van der Waals surface area (Å²) in [7, 11) is 0. The third kappa shape index (κ3) is 2.01. The van der Waals surface area contributed by atoms with Gasteiger partial charge in [0.2, 0.25) is 0 Å². The van der Waals surface area contributed by atoms with Gasteiger partial charge in [-0.05, 0) is 23.8 Å². The zero-order chi connectivity index (χ0) is 11.7. The number of amides is 1. The molecule has 0 spiro atoms. The van der Waals surface area contributed by atoms with Crippen molar-refractivity contribution in [1.82, 2.24) is 10.6 Å². The van der Waals surface area contributed by atoms with E-state index < -0.39 is 12.5 Å². The SMILES string of the molecule is O=C1NC(=S)NC1c1cccc(C(F)F)c1. The molecule has 2 rings (SSSR count). The Hall–Kier alpha value is -1.56. The van der Waals surface area contributed by atoms with Crippen LogP contribution in [0.3, 0.4) is 0 Å². The number of benzene rings is 1. The Morgan fingerprint density at radius 2 is 2.12 bits per heavy atom. The van der Waals surface area contributed by atoms with Gasteiger partial charge in [0.15, 0.2) is 5.11 Å². The maximum absolute atomic E-state index is 12.5. The summed E-state index contributed by atoms with van der Waals surface area (Å²) >= 11 is 4.77. The number of hydrogen-bond donors (Lipinski definition) is 2. The number of alkyl halides is 2. The van der Waals surface area contributed by atoms with Crippen LogP contribution >= 0.6 is 12.2 Å². The maximum Gasteiger partial charge on any atom is 0.263 e. The number of carbonyl (C=O) groups excluding carboxylic acids is 1. The van der Waals surface area contributed by atoms with E-state index in [1.54, 1.807) is 6.07 Å². The van der Waals surface area contributed by atoms with E-state index in [2.05, 4.69) is 10.6 Å². The number of thiocarbonyl (C=S) groups is 1. The summed E-state index contributed by atoms with van der Waals surface area (Å²) in [6, 6.07) is 5.05. The van der Waals surface area contributed by atoms with Crippen molar-refractivity contribution < 1.29 is 13.6 Å². The summed E-state index contributed by atoms with van der Waals surface area (Å²) in [5, 5.41) is 5.34. The van der Waals surface area contributed by atoms with Crippen LogP contribution in [0.2, 0.25) is 0 Å². The van der Waals surface area contributed by atoms with Crippen LogP contribution in [0.15, 0.2) is 24.3 Å². The minimum atomic E-state index is -2.55. The lowest BCUT2D eigenvalue weighted by atomic mass is 10.0. The summed E-state index contributed by atoms with van der Waals surface area (Å²) in [6.07, 6.45) is -2.55. The van der Waals surface area contributed by atoms with Crippen LogP contribution in [0.5, 0.6) is 0 Å². The van der Waals surface area contributed by atoms with Crippen LogP contribution in [0.4, 0.5) is 8.78 Å². The van der Waals surface area contributed by atoms with E-state index in [9.17, 15) is 13.6 Å². The molecular formula is C10H8F2N2OS. The van der Waals surface area contributed by atoms with Gasteiger partial charge in [-0.3, -0.25) is 4.79 Å². The average Bonchev–Trinajstić information content (AvgIpc) is 2.58. The van der Waals surface area contributed by atoms with E-state index in [-0.39, 0.29) is 16.6 Å². The van der Waals surface area contributed by atoms with Gasteiger partial charge in [-0.1, -0.05) is 18.2 Å². The smallest absolute Gasteiger partial charge is 0.263 e. The zero-order valence-electron chi connectivity index (χ0n) is 8.04. The quantitative estimate of drug-likeness (QED) is 0.775. The molecule has 1 amide bonds. The van der Waals surface area contributed by atoms with E-state index >= 15 is 0 Å². The Balaban J connectivity index is 2.30. The molecule has 0 saturated carbocycles. The first kappa shape index (κ1) is 10.9. The summed E-state index contributed by atoms with van der Waals surface area (Å²) in [4.78, 5) is 11.4. The van der Waals surface area contributed by atoms with Crippen molar-refractivity contribution in [3.8, 4) is 0 Å². The van der Waals surface area contributed by atoms with Crippen molar-refractivity contribution in [1.29, 1.82) is 0 Å². The molecule has 0 aliphatic carbocycles. The molecule has 6 heteroatoms. The molecule has 84 valence electrons. The third-order valence-corrected chi connectivity index (χ3v) is 2.49. The van der Waals surface area contributed by atoms with Crippen LogP contribution < -0.4 is 10.6 Å². The molecule has 2 N–H and O–H groups in total. The molecule has 1 aromatic carbocycles. The van der Waals surface area contributed by atoms with Crippen molar-refractivity contribution in [2.45, 2.75) is 12.5 Å². The Labute approximate surface area is 95.8 Å². The lowest BCUT2D eigenvalue weighted by Crippen LogP contribution is -2.21. The van der Waals surface area contributed by atoms with E-state index in [4.69, 9.17) is 12.2 Å². The first-order chi connectivity index (χ1) is 7.58. The number of hydrogen-bond acceptors (Lipinski definition) is 2. The molecule has 16 heavy (non-hydrogen) atoms. The minimum Gasteiger partial charge on any atom is -0.347 e. The highest BCUT2D eigenvalue weighted by atomic mass is 32.1. The van der Waals surface area contributed by atoms with Crippen LogP contribution in [-0.4, -0.2) is 11.0 Å². The predicted octanol–water partition coefficient (Wildman–Crippen LogP) is 1.67. The van der Waals surface area contributed by atoms with Crippen LogP contribution in [0.1, 0.15) is 23.6 Å². The lowest BCUT2D eigenvalue weighted by molar-refractivity contribution is -0.120. The molecule has 0 bridgehead atoms. The standard InChI is InChI=1S/C10H8F2N2OS/c11-8(12)6-3-1-2-5(4-6)7-9(15)14-10(16)13-7/h1-4,7-8H,(H2,13,14,15,16). The van der Waals surface area contributed by atoms with Gasteiger partial charge < -0.3 is 10.6 Å². The monoisotopic (exact) mass is 242 g/mol. The zero-order valence-corrected chi connectivity index (χ0v) is 8.85. The summed E-state index contributed by atoms with van der Waals surface area (Å²) in [6.45, 7) is 0. The van der Waals surface area contributed by atoms with Crippen molar-refractivity contribution in [2.75, 3.05) is 0 Å². The Morgan fingerprint density at radius 1 is 1.38 bits per heavy atom. The highest BCUT2D eigenvalue weighted by molar-refractivity contribution is 7.80. The summed E-state index contributed by atoms with van der Waals surface area (Å²) in [5.74, 6) is -0.323. The number of nitrogens with one attached hydrogen (secondary N) is 2. The van der Waals surface area contributed by atoms with E-state index in [0.29, 0.717) is 5.56 Å². The largest absolute Gasteiger partial charge is 0.347 e. The van der Waals surface area contributed by atoms with Gasteiger partial charge in [0, 0.05) is 5.56 Å². The fraction of sp³-hybridized carbons (Fsp3) is 0.200. The number of rotatable bonds is 2. The molecule has 0 aromatic heterocycles. The molecule has 3 nitrogen and oxygen atoms in total. The van der Waals surface area contributed by atoms with Crippen LogP contribution in [-0.2, 0) is 4.79 Å². The second kappa shape index (κ2) is 4.13. The maximum atomic E-state index is 12.5. The minimum absolute atomic E-state index is 0.107. The van der Waals surface area contributed by atoms with Crippen molar-refractivity contribution in [3.05, 3.63) is 35.4 Å². The van der Waals surface area contributed by atoms with Crippen molar-refractivity contribution in [3.63, 3.8) is 0 Å². The second-order valence-electron chi connectivity index (χ2n) is 3.37. The fourth-order valence-corrected chi connectivity index (χ4v) is 1.74. The number of halogens is 2.